The van der Waals surface area contributed by atoms with Crippen LogP contribution in [0.5, 0.6) is 0 Å². The average Bonchev–Trinajstić information content (AvgIpc) is 1.75. The first-order valence-electron chi connectivity index (χ1n) is 5.76. The Bertz CT molecular complexity index is 206. The maximum atomic E-state index is 4.56. The maximum absolute atomic E-state index is 4.56. The van der Waals surface area contributed by atoms with Gasteiger partial charge in [-0.1, -0.05) is 41.5 Å². The molecule has 2 heteroatoms. The molecule has 0 fully saturated rings. The summed E-state index contributed by atoms with van der Waals surface area (Å²) >= 11 is 0. The Morgan fingerprint density at radius 1 is 0.667 bits per heavy atom. The van der Waals surface area contributed by atoms with E-state index in [1.807, 2.05) is 0 Å². The van der Waals surface area contributed by atoms with E-state index in [1.165, 1.54) is 0 Å². The molecule has 2 nitrogen and oxygen atoms in total. The zero-order valence-corrected chi connectivity index (χ0v) is 12.0. The van der Waals surface area contributed by atoms with Crippen LogP contribution in [0, 0.1) is 10.8 Å². The van der Waals surface area contributed by atoms with Gasteiger partial charge in [0.15, 0.2) is 0 Å². The molecule has 0 unspecified atom stereocenters. The fourth-order valence-corrected chi connectivity index (χ4v) is 1.88. The highest BCUT2D eigenvalue weighted by atomic mass is 15.2. The topological polar surface area (TPSA) is 24.7 Å². The van der Waals surface area contributed by atoms with Crippen molar-refractivity contribution >= 4 is 0 Å². The summed E-state index contributed by atoms with van der Waals surface area (Å²) in [4.78, 5) is 0. The number of hydrogen-bond donors (Lipinski definition) is 0. The molecule has 90 valence electrons. The quantitative estimate of drug-likeness (QED) is 0.563. The predicted octanol–water partition coefficient (Wildman–Crippen LogP) is 4.70. The van der Waals surface area contributed by atoms with E-state index < -0.39 is 0 Å². The summed E-state index contributed by atoms with van der Waals surface area (Å²) in [6.07, 6.45) is 0. The van der Waals surface area contributed by atoms with E-state index in [-0.39, 0.29) is 22.4 Å². The SMILES string of the molecule is CC(C)(C)N=NC(C(C)(C)C)C(C)(C)C. The van der Waals surface area contributed by atoms with Gasteiger partial charge in [0.1, 0.15) is 0 Å². The Kier molecular flexibility index (Phi) is 4.11. The van der Waals surface area contributed by atoms with Gasteiger partial charge in [0.25, 0.3) is 0 Å². The van der Waals surface area contributed by atoms with Crippen molar-refractivity contribution in [3.8, 4) is 0 Å². The second kappa shape index (κ2) is 4.23. The molecule has 0 aliphatic rings. The van der Waals surface area contributed by atoms with Gasteiger partial charge >= 0.3 is 0 Å². The molecule has 0 aliphatic carbocycles. The summed E-state index contributed by atoms with van der Waals surface area (Å²) in [5, 5.41) is 8.98. The number of nitrogens with zero attached hydrogens (tertiary/aromatic N) is 2. The van der Waals surface area contributed by atoms with Crippen molar-refractivity contribution in [1.82, 2.24) is 0 Å². The van der Waals surface area contributed by atoms with Crippen LogP contribution in [-0.2, 0) is 0 Å². The molecule has 0 aromatic carbocycles. The van der Waals surface area contributed by atoms with Crippen LogP contribution < -0.4 is 0 Å². The predicted molar refractivity (Wildman–Crippen MR) is 67.3 cm³/mol. The minimum atomic E-state index is -0.0747. The van der Waals surface area contributed by atoms with Gasteiger partial charge in [-0.3, -0.25) is 0 Å². The summed E-state index contributed by atoms with van der Waals surface area (Å²) in [6, 6.07) is 0.254. The molecular weight excluding hydrogens is 184 g/mol. The van der Waals surface area contributed by atoms with Crippen LogP contribution in [0.4, 0.5) is 0 Å². The normalized spacial score (nSPS) is 15.3. The second-order valence-electron chi connectivity index (χ2n) is 7.52. The third kappa shape index (κ3) is 5.91. The molecule has 0 saturated heterocycles. The molecule has 0 saturated carbocycles. The highest BCUT2D eigenvalue weighted by molar-refractivity contribution is 4.89. The molecular formula is C13H28N2. The van der Waals surface area contributed by atoms with Crippen molar-refractivity contribution in [2.45, 2.75) is 73.9 Å². The van der Waals surface area contributed by atoms with Crippen molar-refractivity contribution in [1.29, 1.82) is 0 Å². The lowest BCUT2D eigenvalue weighted by Crippen LogP contribution is -2.36. The Labute approximate surface area is 95.6 Å². The molecule has 0 N–H and O–H groups in total. The summed E-state index contributed by atoms with van der Waals surface area (Å²) in [7, 11) is 0. The minimum absolute atomic E-state index is 0.0747. The minimum Gasteiger partial charge on any atom is -0.189 e. The van der Waals surface area contributed by atoms with Gasteiger partial charge in [0, 0.05) is 0 Å². The van der Waals surface area contributed by atoms with Gasteiger partial charge < -0.3 is 0 Å². The average molecular weight is 212 g/mol. The lowest BCUT2D eigenvalue weighted by atomic mass is 9.72. The largest absolute Gasteiger partial charge is 0.189 e. The molecule has 0 heterocycles. The zero-order valence-electron chi connectivity index (χ0n) is 12.0. The lowest BCUT2D eigenvalue weighted by molar-refractivity contribution is 0.170. The fraction of sp³-hybridized carbons (Fsp3) is 1.00. The molecule has 0 aliphatic heterocycles. The maximum Gasteiger partial charge on any atom is 0.0804 e. The van der Waals surface area contributed by atoms with E-state index in [2.05, 4.69) is 72.5 Å². The zero-order chi connectivity index (χ0) is 12.5. The monoisotopic (exact) mass is 212 g/mol. The van der Waals surface area contributed by atoms with Crippen LogP contribution in [0.15, 0.2) is 10.2 Å². The Morgan fingerprint density at radius 3 is 1.20 bits per heavy atom. The highest BCUT2D eigenvalue weighted by Gasteiger charge is 2.35. The summed E-state index contributed by atoms with van der Waals surface area (Å²) in [5.41, 5.74) is 0.245. The highest BCUT2D eigenvalue weighted by Crippen LogP contribution is 2.36. The Hall–Kier alpha value is -0.400. The molecule has 0 radical (unpaired) electrons. The van der Waals surface area contributed by atoms with E-state index >= 15 is 0 Å². The van der Waals surface area contributed by atoms with Crippen LogP contribution >= 0.6 is 0 Å². The number of rotatable bonds is 1. The van der Waals surface area contributed by atoms with Crippen molar-refractivity contribution < 1.29 is 0 Å². The first kappa shape index (κ1) is 14.6. The van der Waals surface area contributed by atoms with E-state index in [1.54, 1.807) is 0 Å². The van der Waals surface area contributed by atoms with Crippen LogP contribution in [0.3, 0.4) is 0 Å². The van der Waals surface area contributed by atoms with Gasteiger partial charge in [-0.15, -0.1) is 0 Å². The molecule has 0 amide bonds. The molecule has 0 rings (SSSR count). The number of hydrogen-bond acceptors (Lipinski definition) is 2. The van der Waals surface area contributed by atoms with Gasteiger partial charge in [-0.05, 0) is 31.6 Å². The summed E-state index contributed by atoms with van der Waals surface area (Å²) < 4.78 is 0. The van der Waals surface area contributed by atoms with Crippen LogP contribution in [0.2, 0.25) is 0 Å². The van der Waals surface area contributed by atoms with Crippen molar-refractivity contribution in [3.63, 3.8) is 0 Å². The van der Waals surface area contributed by atoms with E-state index in [0.29, 0.717) is 0 Å². The first-order chi connectivity index (χ1) is 6.34. The van der Waals surface area contributed by atoms with Crippen LogP contribution in [0.1, 0.15) is 62.3 Å². The molecule has 0 atom stereocenters. The Morgan fingerprint density at radius 2 is 1.00 bits per heavy atom. The van der Waals surface area contributed by atoms with Crippen molar-refractivity contribution in [2.24, 2.45) is 21.1 Å². The molecule has 0 aromatic rings. The number of azo groups is 1. The third-order valence-electron chi connectivity index (χ3n) is 2.11. The van der Waals surface area contributed by atoms with E-state index in [4.69, 9.17) is 0 Å². The van der Waals surface area contributed by atoms with Gasteiger partial charge in [-0.25, -0.2) is 0 Å². The molecule has 0 aromatic heterocycles. The third-order valence-corrected chi connectivity index (χ3v) is 2.11. The van der Waals surface area contributed by atoms with Gasteiger partial charge in [-0.2, -0.15) is 10.2 Å². The van der Waals surface area contributed by atoms with E-state index in [9.17, 15) is 0 Å². The van der Waals surface area contributed by atoms with Gasteiger partial charge in [0.2, 0.25) is 0 Å². The summed E-state index contributed by atoms with van der Waals surface area (Å²) in [5.74, 6) is 0. The standard InChI is InChI=1S/C13H28N2/c1-11(2,3)10(12(4,5)6)14-15-13(7,8)9/h10H,1-9H3. The molecule has 15 heavy (non-hydrogen) atoms. The fourth-order valence-electron chi connectivity index (χ4n) is 1.88. The first-order valence-corrected chi connectivity index (χ1v) is 5.76. The lowest BCUT2D eigenvalue weighted by Gasteiger charge is -2.37. The van der Waals surface area contributed by atoms with E-state index in [0.717, 1.165) is 0 Å². The van der Waals surface area contributed by atoms with Crippen LogP contribution in [0.25, 0.3) is 0 Å². The van der Waals surface area contributed by atoms with Crippen LogP contribution in [-0.4, -0.2) is 11.6 Å². The summed E-state index contributed by atoms with van der Waals surface area (Å²) in [6.45, 7) is 19.6. The molecule has 0 bridgehead atoms. The second-order valence-corrected chi connectivity index (χ2v) is 7.52. The van der Waals surface area contributed by atoms with Crippen molar-refractivity contribution in [2.75, 3.05) is 0 Å². The van der Waals surface area contributed by atoms with Gasteiger partial charge in [0.05, 0.1) is 11.6 Å². The van der Waals surface area contributed by atoms with Crippen molar-refractivity contribution in [3.05, 3.63) is 0 Å². The smallest absolute Gasteiger partial charge is 0.0804 e. The Balaban J connectivity index is 4.94. The molecule has 0 spiro atoms.